The monoisotopic (exact) mass is 267 g/mol. The normalized spacial score (nSPS) is 16.8. The summed E-state index contributed by atoms with van der Waals surface area (Å²) in [5, 5.41) is 17.3. The summed E-state index contributed by atoms with van der Waals surface area (Å²) in [6, 6.07) is 4.17. The summed E-state index contributed by atoms with van der Waals surface area (Å²) in [7, 11) is 1.57. The van der Waals surface area contributed by atoms with Crippen molar-refractivity contribution >= 4 is 0 Å². The van der Waals surface area contributed by atoms with Gasteiger partial charge in [-0.2, -0.15) is 5.10 Å². The summed E-state index contributed by atoms with van der Waals surface area (Å²) < 4.78 is 10.4. The van der Waals surface area contributed by atoms with Crippen LogP contribution >= 0.6 is 0 Å². The zero-order valence-electron chi connectivity index (χ0n) is 11.3. The average molecular weight is 267 g/mol. The number of rotatable bonds is 6. The lowest BCUT2D eigenvalue weighted by atomic mass is 10.1. The number of methoxy groups -OCH3 is 1. The Morgan fingerprint density at radius 2 is 2.16 bits per heavy atom. The standard InChI is InChI=1S/C13H21N3O3/c1-18-13-3-2-11(14-15-13)10-16(6-7-17)12-4-8-19-9-5-12/h2-3,12,17H,4-10H2,1H3. The molecule has 1 aromatic heterocycles. The molecule has 1 saturated heterocycles. The highest BCUT2D eigenvalue weighted by Gasteiger charge is 2.21. The summed E-state index contributed by atoms with van der Waals surface area (Å²) in [5.74, 6) is 0.517. The fraction of sp³-hybridized carbons (Fsp3) is 0.692. The minimum atomic E-state index is 0.154. The zero-order chi connectivity index (χ0) is 13.5. The Kier molecular flexibility index (Phi) is 5.50. The van der Waals surface area contributed by atoms with Gasteiger partial charge in [0, 0.05) is 38.4 Å². The van der Waals surface area contributed by atoms with Gasteiger partial charge in [-0.1, -0.05) is 0 Å². The van der Waals surface area contributed by atoms with Gasteiger partial charge in [0.1, 0.15) is 0 Å². The predicted octanol–water partition coefficient (Wildman–Crippen LogP) is 0.458. The number of nitrogens with zero attached hydrogens (tertiary/aromatic N) is 3. The Morgan fingerprint density at radius 1 is 1.37 bits per heavy atom. The molecule has 0 atom stereocenters. The Balaban J connectivity index is 1.97. The van der Waals surface area contributed by atoms with Crippen molar-refractivity contribution in [2.45, 2.75) is 25.4 Å². The van der Waals surface area contributed by atoms with Gasteiger partial charge in [0.05, 0.1) is 19.4 Å². The summed E-state index contributed by atoms with van der Waals surface area (Å²) in [6.07, 6.45) is 2.01. The van der Waals surface area contributed by atoms with Crippen LogP contribution < -0.4 is 4.74 Å². The average Bonchev–Trinajstić information content (AvgIpc) is 2.48. The van der Waals surface area contributed by atoms with Crippen LogP contribution in [0.3, 0.4) is 0 Å². The van der Waals surface area contributed by atoms with Crippen molar-refractivity contribution < 1.29 is 14.6 Å². The fourth-order valence-electron chi connectivity index (χ4n) is 2.32. The van der Waals surface area contributed by atoms with Gasteiger partial charge >= 0.3 is 0 Å². The molecule has 0 bridgehead atoms. The first-order valence-corrected chi connectivity index (χ1v) is 6.62. The molecule has 0 unspecified atom stereocenters. The van der Waals surface area contributed by atoms with Crippen molar-refractivity contribution in [1.82, 2.24) is 15.1 Å². The van der Waals surface area contributed by atoms with E-state index >= 15 is 0 Å². The van der Waals surface area contributed by atoms with Crippen LogP contribution in [0.4, 0.5) is 0 Å². The number of hydrogen-bond acceptors (Lipinski definition) is 6. The van der Waals surface area contributed by atoms with Crippen molar-refractivity contribution in [3.05, 3.63) is 17.8 Å². The molecule has 19 heavy (non-hydrogen) atoms. The lowest BCUT2D eigenvalue weighted by molar-refractivity contribution is 0.0243. The maximum absolute atomic E-state index is 9.20. The molecule has 0 radical (unpaired) electrons. The summed E-state index contributed by atoms with van der Waals surface area (Å²) in [4.78, 5) is 2.25. The van der Waals surface area contributed by atoms with Gasteiger partial charge in [-0.15, -0.1) is 5.10 Å². The Bertz CT molecular complexity index is 366. The fourth-order valence-corrected chi connectivity index (χ4v) is 2.32. The lowest BCUT2D eigenvalue weighted by Crippen LogP contribution is -2.40. The molecular formula is C13H21N3O3. The summed E-state index contributed by atoms with van der Waals surface area (Å²) in [5.41, 5.74) is 0.890. The molecule has 0 spiro atoms. The highest BCUT2D eigenvalue weighted by molar-refractivity contribution is 5.11. The molecule has 0 aliphatic carbocycles. The van der Waals surface area contributed by atoms with Gasteiger partial charge in [0.15, 0.2) is 0 Å². The lowest BCUT2D eigenvalue weighted by Gasteiger charge is -2.33. The molecule has 0 saturated carbocycles. The molecule has 106 valence electrons. The van der Waals surface area contributed by atoms with Gasteiger partial charge in [0.25, 0.3) is 0 Å². The second-order valence-corrected chi connectivity index (χ2v) is 4.60. The van der Waals surface area contributed by atoms with E-state index in [1.165, 1.54) is 0 Å². The van der Waals surface area contributed by atoms with E-state index in [0.29, 0.717) is 25.0 Å². The first-order chi connectivity index (χ1) is 9.33. The molecule has 0 amide bonds. The molecule has 6 heteroatoms. The molecule has 1 N–H and O–H groups in total. The van der Waals surface area contributed by atoms with E-state index in [1.54, 1.807) is 7.11 Å². The smallest absolute Gasteiger partial charge is 0.233 e. The molecule has 2 heterocycles. The molecule has 1 fully saturated rings. The number of ether oxygens (including phenoxy) is 2. The molecule has 1 aliphatic rings. The third kappa shape index (κ3) is 4.12. The van der Waals surface area contributed by atoms with E-state index in [-0.39, 0.29) is 6.61 Å². The maximum atomic E-state index is 9.20. The van der Waals surface area contributed by atoms with E-state index < -0.39 is 0 Å². The molecule has 0 aromatic carbocycles. The zero-order valence-corrected chi connectivity index (χ0v) is 11.3. The third-order valence-corrected chi connectivity index (χ3v) is 3.36. The van der Waals surface area contributed by atoms with Crippen LogP contribution in [0.2, 0.25) is 0 Å². The van der Waals surface area contributed by atoms with Gasteiger partial charge < -0.3 is 14.6 Å². The predicted molar refractivity (Wildman–Crippen MR) is 69.9 cm³/mol. The number of aliphatic hydroxyl groups is 1. The maximum Gasteiger partial charge on any atom is 0.233 e. The number of aliphatic hydroxyl groups excluding tert-OH is 1. The first-order valence-electron chi connectivity index (χ1n) is 6.62. The van der Waals surface area contributed by atoms with Crippen LogP contribution in [0.1, 0.15) is 18.5 Å². The summed E-state index contributed by atoms with van der Waals surface area (Å²) >= 11 is 0. The SMILES string of the molecule is COc1ccc(CN(CCO)C2CCOCC2)nn1. The van der Waals surface area contributed by atoms with E-state index in [1.807, 2.05) is 12.1 Å². The molecule has 1 aliphatic heterocycles. The quantitative estimate of drug-likeness (QED) is 0.807. The number of aromatic nitrogens is 2. The largest absolute Gasteiger partial charge is 0.480 e. The van der Waals surface area contributed by atoms with E-state index in [2.05, 4.69) is 15.1 Å². The molecule has 1 aromatic rings. The van der Waals surface area contributed by atoms with Crippen molar-refractivity contribution in [3.8, 4) is 5.88 Å². The Morgan fingerprint density at radius 3 is 2.74 bits per heavy atom. The molecule has 2 rings (SSSR count). The first kappa shape index (κ1) is 14.2. The minimum Gasteiger partial charge on any atom is -0.480 e. The Labute approximate surface area is 113 Å². The van der Waals surface area contributed by atoms with Crippen LogP contribution in [-0.4, -0.2) is 59.7 Å². The van der Waals surface area contributed by atoms with Crippen LogP contribution in [-0.2, 0) is 11.3 Å². The van der Waals surface area contributed by atoms with Crippen molar-refractivity contribution in [2.75, 3.05) is 33.5 Å². The minimum absolute atomic E-state index is 0.154. The second-order valence-electron chi connectivity index (χ2n) is 4.60. The van der Waals surface area contributed by atoms with Crippen LogP contribution in [0.15, 0.2) is 12.1 Å². The third-order valence-electron chi connectivity index (χ3n) is 3.36. The molecule has 6 nitrogen and oxygen atoms in total. The number of hydrogen-bond donors (Lipinski definition) is 1. The van der Waals surface area contributed by atoms with Gasteiger partial charge in [-0.25, -0.2) is 0 Å². The van der Waals surface area contributed by atoms with Crippen LogP contribution in [0.25, 0.3) is 0 Å². The van der Waals surface area contributed by atoms with E-state index in [4.69, 9.17) is 9.47 Å². The van der Waals surface area contributed by atoms with Gasteiger partial charge in [-0.3, -0.25) is 4.90 Å². The second kappa shape index (κ2) is 7.37. The van der Waals surface area contributed by atoms with Gasteiger partial charge in [0.2, 0.25) is 5.88 Å². The highest BCUT2D eigenvalue weighted by atomic mass is 16.5. The van der Waals surface area contributed by atoms with E-state index in [0.717, 1.165) is 31.7 Å². The van der Waals surface area contributed by atoms with Crippen LogP contribution in [0, 0.1) is 0 Å². The van der Waals surface area contributed by atoms with Crippen molar-refractivity contribution in [2.24, 2.45) is 0 Å². The topological polar surface area (TPSA) is 67.7 Å². The van der Waals surface area contributed by atoms with Gasteiger partial charge in [-0.05, 0) is 18.9 Å². The van der Waals surface area contributed by atoms with Crippen LogP contribution in [0.5, 0.6) is 5.88 Å². The van der Waals surface area contributed by atoms with Crippen molar-refractivity contribution in [1.29, 1.82) is 0 Å². The van der Waals surface area contributed by atoms with Crippen molar-refractivity contribution in [3.63, 3.8) is 0 Å². The molecular weight excluding hydrogens is 246 g/mol. The Hall–Kier alpha value is -1.24. The highest BCUT2D eigenvalue weighted by Crippen LogP contribution is 2.16. The van der Waals surface area contributed by atoms with E-state index in [9.17, 15) is 5.11 Å². The summed E-state index contributed by atoms with van der Waals surface area (Å²) in [6.45, 7) is 3.09.